The van der Waals surface area contributed by atoms with Crippen molar-refractivity contribution in [3.05, 3.63) is 36.2 Å². The van der Waals surface area contributed by atoms with Crippen molar-refractivity contribution < 1.29 is 4.74 Å². The van der Waals surface area contributed by atoms with Gasteiger partial charge in [-0.25, -0.2) is 4.98 Å². The smallest absolute Gasteiger partial charge is 0.319 e. The Morgan fingerprint density at radius 2 is 1.73 bits per heavy atom. The molecule has 0 radical (unpaired) electrons. The number of hydrogen-bond donors (Lipinski definition) is 0. The van der Waals surface area contributed by atoms with Gasteiger partial charge in [0.1, 0.15) is 5.82 Å². The van der Waals surface area contributed by atoms with Crippen LogP contribution in [-0.4, -0.2) is 22.1 Å². The zero-order valence-electron chi connectivity index (χ0n) is 8.64. The number of benzene rings is 1. The van der Waals surface area contributed by atoms with Gasteiger partial charge in [0.05, 0.1) is 7.11 Å². The Morgan fingerprint density at radius 1 is 1.00 bits per heavy atom. The van der Waals surface area contributed by atoms with Gasteiger partial charge in [0.25, 0.3) is 0 Å². The number of aryl methyl sites for hydroxylation is 1. The third-order valence-corrected chi connectivity index (χ3v) is 1.94. The normalized spacial score (nSPS) is 10.0. The molecule has 0 fully saturated rings. The van der Waals surface area contributed by atoms with Crippen LogP contribution in [0.5, 0.6) is 6.01 Å². The molecule has 0 amide bonds. The first-order valence-corrected chi connectivity index (χ1v) is 4.61. The number of aromatic nitrogens is 3. The summed E-state index contributed by atoms with van der Waals surface area (Å²) in [6, 6.07) is 10.1. The highest BCUT2D eigenvalue weighted by molar-refractivity contribution is 5.54. The fourth-order valence-electron chi connectivity index (χ4n) is 1.26. The fraction of sp³-hybridized carbons (Fsp3) is 0.182. The predicted molar refractivity (Wildman–Crippen MR) is 56.6 cm³/mol. The summed E-state index contributed by atoms with van der Waals surface area (Å²) in [6.07, 6.45) is 0. The van der Waals surface area contributed by atoms with Gasteiger partial charge in [-0.15, -0.1) is 0 Å². The van der Waals surface area contributed by atoms with E-state index in [2.05, 4.69) is 15.0 Å². The van der Waals surface area contributed by atoms with E-state index >= 15 is 0 Å². The average molecular weight is 201 g/mol. The molecule has 1 aromatic heterocycles. The summed E-state index contributed by atoms with van der Waals surface area (Å²) >= 11 is 0. The van der Waals surface area contributed by atoms with Crippen molar-refractivity contribution in [1.29, 1.82) is 0 Å². The minimum atomic E-state index is 0.348. The molecule has 0 atom stereocenters. The lowest BCUT2D eigenvalue weighted by molar-refractivity contribution is 0.377. The molecular weight excluding hydrogens is 190 g/mol. The van der Waals surface area contributed by atoms with Crippen LogP contribution in [0, 0.1) is 6.92 Å². The van der Waals surface area contributed by atoms with E-state index in [-0.39, 0.29) is 0 Å². The second-order valence-corrected chi connectivity index (χ2v) is 3.06. The van der Waals surface area contributed by atoms with Crippen molar-refractivity contribution in [2.75, 3.05) is 7.11 Å². The van der Waals surface area contributed by atoms with Gasteiger partial charge in [0.2, 0.25) is 0 Å². The highest BCUT2D eigenvalue weighted by Crippen LogP contribution is 2.15. The zero-order chi connectivity index (χ0) is 10.7. The summed E-state index contributed by atoms with van der Waals surface area (Å²) in [4.78, 5) is 12.5. The Bertz CT molecular complexity index is 457. The summed E-state index contributed by atoms with van der Waals surface area (Å²) in [5.41, 5.74) is 0.960. The Hall–Kier alpha value is -1.97. The van der Waals surface area contributed by atoms with Crippen LogP contribution in [0.3, 0.4) is 0 Å². The summed E-state index contributed by atoms with van der Waals surface area (Å²) in [5.74, 6) is 1.29. The molecule has 2 rings (SSSR count). The zero-order valence-corrected chi connectivity index (χ0v) is 8.64. The molecular formula is C11H11N3O. The van der Waals surface area contributed by atoms with E-state index in [1.165, 1.54) is 0 Å². The standard InChI is InChI=1S/C11H11N3O/c1-8-12-10(14-11(13-8)15-2)9-6-4-3-5-7-9/h3-7H,1-2H3. The lowest BCUT2D eigenvalue weighted by Crippen LogP contribution is -1.99. The van der Waals surface area contributed by atoms with E-state index < -0.39 is 0 Å². The maximum atomic E-state index is 4.99. The third kappa shape index (κ3) is 2.10. The molecule has 76 valence electrons. The van der Waals surface area contributed by atoms with Gasteiger partial charge >= 0.3 is 6.01 Å². The SMILES string of the molecule is COc1nc(C)nc(-c2ccccc2)n1. The molecule has 0 saturated carbocycles. The summed E-state index contributed by atoms with van der Waals surface area (Å²) in [5, 5.41) is 0. The molecule has 4 nitrogen and oxygen atoms in total. The second-order valence-electron chi connectivity index (χ2n) is 3.06. The van der Waals surface area contributed by atoms with E-state index in [9.17, 15) is 0 Å². The lowest BCUT2D eigenvalue weighted by Gasteiger charge is -2.03. The van der Waals surface area contributed by atoms with E-state index in [0.29, 0.717) is 17.7 Å². The minimum Gasteiger partial charge on any atom is -0.467 e. The summed E-state index contributed by atoms with van der Waals surface area (Å²) in [6.45, 7) is 1.82. The van der Waals surface area contributed by atoms with Crippen LogP contribution in [0.15, 0.2) is 30.3 Å². The fourth-order valence-corrected chi connectivity index (χ4v) is 1.26. The first-order valence-electron chi connectivity index (χ1n) is 4.61. The molecule has 2 aromatic rings. The van der Waals surface area contributed by atoms with Crippen molar-refractivity contribution in [3.63, 3.8) is 0 Å². The molecule has 0 saturated heterocycles. The lowest BCUT2D eigenvalue weighted by atomic mass is 10.2. The quantitative estimate of drug-likeness (QED) is 0.744. The topological polar surface area (TPSA) is 47.9 Å². The van der Waals surface area contributed by atoms with E-state index in [4.69, 9.17) is 4.74 Å². The van der Waals surface area contributed by atoms with Crippen molar-refractivity contribution in [3.8, 4) is 17.4 Å². The maximum absolute atomic E-state index is 4.99. The van der Waals surface area contributed by atoms with Gasteiger partial charge in [-0.3, -0.25) is 0 Å². The number of methoxy groups -OCH3 is 1. The Balaban J connectivity index is 2.49. The van der Waals surface area contributed by atoms with Gasteiger partial charge in [-0.1, -0.05) is 30.3 Å². The van der Waals surface area contributed by atoms with Crippen LogP contribution in [-0.2, 0) is 0 Å². The molecule has 4 heteroatoms. The first kappa shape index (κ1) is 9.58. The molecule has 15 heavy (non-hydrogen) atoms. The van der Waals surface area contributed by atoms with Crippen LogP contribution < -0.4 is 4.74 Å². The Morgan fingerprint density at radius 3 is 2.40 bits per heavy atom. The molecule has 0 aliphatic carbocycles. The average Bonchev–Trinajstić information content (AvgIpc) is 2.29. The Kier molecular flexibility index (Phi) is 2.58. The number of hydrogen-bond acceptors (Lipinski definition) is 4. The summed E-state index contributed by atoms with van der Waals surface area (Å²) < 4.78 is 4.99. The van der Waals surface area contributed by atoms with Crippen LogP contribution in [0.1, 0.15) is 5.82 Å². The van der Waals surface area contributed by atoms with E-state index in [0.717, 1.165) is 5.56 Å². The highest BCUT2D eigenvalue weighted by Gasteiger charge is 2.05. The van der Waals surface area contributed by atoms with Gasteiger partial charge in [-0.05, 0) is 6.92 Å². The summed E-state index contributed by atoms with van der Waals surface area (Å²) in [7, 11) is 1.55. The van der Waals surface area contributed by atoms with Crippen molar-refractivity contribution in [1.82, 2.24) is 15.0 Å². The molecule has 0 unspecified atom stereocenters. The van der Waals surface area contributed by atoms with Crippen LogP contribution in [0.2, 0.25) is 0 Å². The van der Waals surface area contributed by atoms with Gasteiger partial charge in [0.15, 0.2) is 5.82 Å². The molecule has 0 aliphatic rings. The van der Waals surface area contributed by atoms with Gasteiger partial charge in [-0.2, -0.15) is 9.97 Å². The molecule has 0 aliphatic heterocycles. The van der Waals surface area contributed by atoms with Crippen LogP contribution >= 0.6 is 0 Å². The monoisotopic (exact) mass is 201 g/mol. The largest absolute Gasteiger partial charge is 0.467 e. The number of nitrogens with zero attached hydrogens (tertiary/aromatic N) is 3. The van der Waals surface area contributed by atoms with Crippen molar-refractivity contribution in [2.24, 2.45) is 0 Å². The predicted octanol–water partition coefficient (Wildman–Crippen LogP) is 1.86. The molecule has 1 heterocycles. The molecule has 1 aromatic carbocycles. The second kappa shape index (κ2) is 4.04. The number of rotatable bonds is 2. The van der Waals surface area contributed by atoms with Gasteiger partial charge < -0.3 is 4.74 Å². The van der Waals surface area contributed by atoms with E-state index in [1.807, 2.05) is 37.3 Å². The molecule has 0 N–H and O–H groups in total. The van der Waals surface area contributed by atoms with Gasteiger partial charge in [0, 0.05) is 5.56 Å². The Labute approximate surface area is 88.0 Å². The third-order valence-electron chi connectivity index (χ3n) is 1.94. The molecule has 0 spiro atoms. The minimum absolute atomic E-state index is 0.348. The molecule has 0 bridgehead atoms. The van der Waals surface area contributed by atoms with Crippen LogP contribution in [0.4, 0.5) is 0 Å². The van der Waals surface area contributed by atoms with Crippen LogP contribution in [0.25, 0.3) is 11.4 Å². The first-order chi connectivity index (χ1) is 7.29. The maximum Gasteiger partial charge on any atom is 0.319 e. The van der Waals surface area contributed by atoms with Crippen molar-refractivity contribution >= 4 is 0 Å². The number of ether oxygens (including phenoxy) is 1. The van der Waals surface area contributed by atoms with E-state index in [1.54, 1.807) is 7.11 Å². The highest BCUT2D eigenvalue weighted by atomic mass is 16.5. The van der Waals surface area contributed by atoms with Crippen molar-refractivity contribution in [2.45, 2.75) is 6.92 Å².